The summed E-state index contributed by atoms with van der Waals surface area (Å²) in [6.07, 6.45) is 0. The van der Waals surface area contributed by atoms with Crippen LogP contribution < -0.4 is 13.8 Å². The molecule has 2 aromatic carbocycles. The maximum absolute atomic E-state index is 13.0. The molecule has 1 aliphatic heterocycles. The Kier molecular flexibility index (Phi) is 5.12. The number of anilines is 2. The third-order valence-corrected chi connectivity index (χ3v) is 7.95. The first-order valence-electron chi connectivity index (χ1n) is 8.72. The molecule has 156 valence electrons. The van der Waals surface area contributed by atoms with Crippen molar-refractivity contribution in [3.63, 3.8) is 0 Å². The molecule has 1 N–H and O–H groups in total. The van der Waals surface area contributed by atoms with E-state index in [0.29, 0.717) is 9.99 Å². The Balaban J connectivity index is 2.10. The van der Waals surface area contributed by atoms with E-state index in [1.54, 1.807) is 18.2 Å². The molecule has 3 rings (SSSR count). The Bertz CT molecular complexity index is 1190. The second-order valence-electron chi connectivity index (χ2n) is 7.52. The molecule has 1 heterocycles. The lowest BCUT2D eigenvalue weighted by Crippen LogP contribution is -2.33. The van der Waals surface area contributed by atoms with E-state index in [2.05, 4.69) is 4.72 Å². The zero-order chi connectivity index (χ0) is 21.6. The van der Waals surface area contributed by atoms with E-state index in [9.17, 15) is 21.6 Å². The lowest BCUT2D eigenvalue weighted by atomic mass is 9.95. The SMILES string of the molecule is COc1ccc(N2C(=O)C(C)(C)CS2(=O)=O)cc1S(=O)(=O)Nc1cccc(C)c1. The van der Waals surface area contributed by atoms with Gasteiger partial charge in [-0.15, -0.1) is 0 Å². The molecule has 0 unspecified atom stereocenters. The zero-order valence-electron chi connectivity index (χ0n) is 16.5. The number of carbonyl (C=O) groups is 1. The maximum Gasteiger partial charge on any atom is 0.265 e. The highest BCUT2D eigenvalue weighted by atomic mass is 32.2. The molecule has 1 fully saturated rings. The number of benzene rings is 2. The van der Waals surface area contributed by atoms with Gasteiger partial charge in [0.1, 0.15) is 10.6 Å². The highest BCUT2D eigenvalue weighted by molar-refractivity contribution is 7.94. The highest BCUT2D eigenvalue weighted by Gasteiger charge is 2.50. The lowest BCUT2D eigenvalue weighted by Gasteiger charge is -2.19. The molecule has 1 amide bonds. The monoisotopic (exact) mass is 438 g/mol. The van der Waals surface area contributed by atoms with Gasteiger partial charge >= 0.3 is 0 Å². The van der Waals surface area contributed by atoms with Crippen molar-refractivity contribution in [1.29, 1.82) is 0 Å². The van der Waals surface area contributed by atoms with Gasteiger partial charge in [-0.1, -0.05) is 12.1 Å². The molecular formula is C19H22N2O6S2. The minimum Gasteiger partial charge on any atom is -0.495 e. The Hall–Kier alpha value is -2.59. The third-order valence-electron chi connectivity index (χ3n) is 4.53. The third kappa shape index (κ3) is 3.95. The van der Waals surface area contributed by atoms with E-state index in [1.807, 2.05) is 13.0 Å². The van der Waals surface area contributed by atoms with Crippen LogP contribution in [0.4, 0.5) is 11.4 Å². The van der Waals surface area contributed by atoms with Gasteiger partial charge in [0, 0.05) is 5.69 Å². The zero-order valence-corrected chi connectivity index (χ0v) is 18.1. The quantitative estimate of drug-likeness (QED) is 0.768. The van der Waals surface area contributed by atoms with Crippen molar-refractivity contribution in [2.75, 3.05) is 21.9 Å². The summed E-state index contributed by atoms with van der Waals surface area (Å²) in [7, 11) is -6.72. The van der Waals surface area contributed by atoms with E-state index >= 15 is 0 Å². The van der Waals surface area contributed by atoms with Crippen LogP contribution in [-0.2, 0) is 24.8 Å². The number of aryl methyl sites for hydroxylation is 1. The number of nitrogens with one attached hydrogen (secondary N) is 1. The van der Waals surface area contributed by atoms with Crippen LogP contribution in [0.1, 0.15) is 19.4 Å². The van der Waals surface area contributed by atoms with Crippen molar-refractivity contribution >= 4 is 37.3 Å². The normalized spacial score (nSPS) is 17.9. The smallest absolute Gasteiger partial charge is 0.265 e. The summed E-state index contributed by atoms with van der Waals surface area (Å²) >= 11 is 0. The fourth-order valence-corrected chi connectivity index (χ4v) is 6.52. The summed E-state index contributed by atoms with van der Waals surface area (Å²) in [6.45, 7) is 4.89. The molecule has 0 bridgehead atoms. The van der Waals surface area contributed by atoms with E-state index in [1.165, 1.54) is 33.1 Å². The Morgan fingerprint density at radius 3 is 2.38 bits per heavy atom. The van der Waals surface area contributed by atoms with Crippen molar-refractivity contribution in [3.8, 4) is 5.75 Å². The van der Waals surface area contributed by atoms with Gasteiger partial charge in [0.05, 0.1) is 24.0 Å². The van der Waals surface area contributed by atoms with Crippen molar-refractivity contribution in [3.05, 3.63) is 48.0 Å². The summed E-state index contributed by atoms with van der Waals surface area (Å²) in [5.41, 5.74) is 0.0637. The van der Waals surface area contributed by atoms with Crippen LogP contribution in [0.2, 0.25) is 0 Å². The van der Waals surface area contributed by atoms with Crippen molar-refractivity contribution in [1.82, 2.24) is 0 Å². The number of methoxy groups -OCH3 is 1. The number of sulfonamides is 2. The molecule has 1 saturated heterocycles. The molecular weight excluding hydrogens is 416 g/mol. The fraction of sp³-hybridized carbons (Fsp3) is 0.316. The van der Waals surface area contributed by atoms with Gasteiger partial charge in [0.2, 0.25) is 15.9 Å². The second kappa shape index (κ2) is 7.03. The maximum atomic E-state index is 13.0. The van der Waals surface area contributed by atoms with E-state index in [0.717, 1.165) is 11.6 Å². The Morgan fingerprint density at radius 1 is 1.14 bits per heavy atom. The molecule has 0 spiro atoms. The molecule has 29 heavy (non-hydrogen) atoms. The Labute approximate surface area is 170 Å². The topological polar surface area (TPSA) is 110 Å². The van der Waals surface area contributed by atoms with Crippen molar-refractivity contribution in [2.24, 2.45) is 5.41 Å². The second-order valence-corrected chi connectivity index (χ2v) is 11.0. The Morgan fingerprint density at radius 2 is 1.83 bits per heavy atom. The minimum atomic E-state index is -4.12. The largest absolute Gasteiger partial charge is 0.495 e. The van der Waals surface area contributed by atoms with Gasteiger partial charge in [-0.2, -0.15) is 0 Å². The summed E-state index contributed by atoms with van der Waals surface area (Å²) in [4.78, 5) is 12.4. The van der Waals surface area contributed by atoms with Gasteiger partial charge in [0.15, 0.2) is 0 Å². The first-order valence-corrected chi connectivity index (χ1v) is 11.8. The first-order chi connectivity index (χ1) is 13.4. The van der Waals surface area contributed by atoms with Gasteiger partial charge in [-0.05, 0) is 56.7 Å². The van der Waals surface area contributed by atoms with E-state index in [4.69, 9.17) is 4.74 Å². The predicted octanol–water partition coefficient (Wildman–Crippen LogP) is 2.51. The van der Waals surface area contributed by atoms with Crippen LogP contribution in [0.3, 0.4) is 0 Å². The number of nitrogens with zero attached hydrogens (tertiary/aromatic N) is 1. The highest BCUT2D eigenvalue weighted by Crippen LogP contribution is 2.38. The van der Waals surface area contributed by atoms with Crippen LogP contribution in [0, 0.1) is 12.3 Å². The first kappa shape index (κ1) is 21.1. The molecule has 2 aromatic rings. The molecule has 8 nitrogen and oxygen atoms in total. The molecule has 0 radical (unpaired) electrons. The van der Waals surface area contributed by atoms with Gasteiger partial charge in [-0.25, -0.2) is 21.1 Å². The van der Waals surface area contributed by atoms with Crippen LogP contribution in [-0.4, -0.2) is 35.6 Å². The molecule has 0 aromatic heterocycles. The average Bonchev–Trinajstić information content (AvgIpc) is 2.76. The summed E-state index contributed by atoms with van der Waals surface area (Å²) < 4.78 is 59.3. The molecule has 0 atom stereocenters. The van der Waals surface area contributed by atoms with Crippen LogP contribution in [0.25, 0.3) is 0 Å². The van der Waals surface area contributed by atoms with E-state index < -0.39 is 31.4 Å². The number of rotatable bonds is 5. The molecule has 0 saturated carbocycles. The van der Waals surface area contributed by atoms with Crippen LogP contribution in [0.15, 0.2) is 47.4 Å². The summed E-state index contributed by atoms with van der Waals surface area (Å²) in [6, 6.07) is 10.6. The summed E-state index contributed by atoms with van der Waals surface area (Å²) in [5.74, 6) is -0.941. The fourth-order valence-electron chi connectivity index (χ4n) is 3.18. The number of hydrogen-bond donors (Lipinski definition) is 1. The standard InChI is InChI=1S/C19H22N2O6S2/c1-13-6-5-7-14(10-13)20-29(25,26)17-11-15(8-9-16(17)27-4)21-18(22)19(2,3)12-28(21,23)24/h5-11,20H,12H2,1-4H3. The minimum absolute atomic E-state index is 0.0252. The lowest BCUT2D eigenvalue weighted by molar-refractivity contribution is -0.123. The molecule has 10 heteroatoms. The van der Waals surface area contributed by atoms with Gasteiger partial charge in [-0.3, -0.25) is 9.52 Å². The van der Waals surface area contributed by atoms with Crippen LogP contribution >= 0.6 is 0 Å². The molecule has 1 aliphatic rings. The van der Waals surface area contributed by atoms with E-state index in [-0.39, 0.29) is 22.1 Å². The van der Waals surface area contributed by atoms with Crippen LogP contribution in [0.5, 0.6) is 5.75 Å². The number of ether oxygens (including phenoxy) is 1. The average molecular weight is 439 g/mol. The predicted molar refractivity (Wildman–Crippen MR) is 110 cm³/mol. The summed E-state index contributed by atoms with van der Waals surface area (Å²) in [5, 5.41) is 0. The number of carbonyl (C=O) groups excluding carboxylic acids is 1. The number of amides is 1. The molecule has 0 aliphatic carbocycles. The van der Waals surface area contributed by atoms with Crippen molar-refractivity contribution < 1.29 is 26.4 Å². The van der Waals surface area contributed by atoms with Gasteiger partial charge < -0.3 is 4.74 Å². The van der Waals surface area contributed by atoms with Crippen molar-refractivity contribution in [2.45, 2.75) is 25.7 Å². The van der Waals surface area contributed by atoms with Gasteiger partial charge in [0.25, 0.3) is 10.0 Å². The number of hydrogen-bond acceptors (Lipinski definition) is 6.